The highest BCUT2D eigenvalue weighted by Gasteiger charge is 2.15. The summed E-state index contributed by atoms with van der Waals surface area (Å²) in [6.07, 6.45) is 2.13. The molecule has 0 spiro atoms. The normalized spacial score (nSPS) is 12.9. The predicted octanol–water partition coefficient (Wildman–Crippen LogP) is -3.35. The van der Waals surface area contributed by atoms with Gasteiger partial charge in [0.2, 0.25) is 5.91 Å². The van der Waals surface area contributed by atoms with Crippen LogP contribution in [0.3, 0.4) is 0 Å². The van der Waals surface area contributed by atoms with Crippen molar-refractivity contribution in [3.05, 3.63) is 35.9 Å². The second kappa shape index (κ2) is 37.1. The van der Waals surface area contributed by atoms with E-state index in [4.69, 9.17) is 81.6 Å². The fourth-order valence-corrected chi connectivity index (χ4v) is 3.20. The molecule has 0 fully saturated rings. The van der Waals surface area contributed by atoms with Crippen LogP contribution in [0.1, 0.15) is 65.4 Å². The summed E-state index contributed by atoms with van der Waals surface area (Å²) in [5.74, 6) is -6.15. The number of carbonyl (C=O) groups excluding carboxylic acids is 1. The van der Waals surface area contributed by atoms with Crippen molar-refractivity contribution in [3.63, 3.8) is 0 Å². The van der Waals surface area contributed by atoms with Crippen LogP contribution in [-0.2, 0) is 40.0 Å². The number of aliphatic hydroxyl groups is 1. The van der Waals surface area contributed by atoms with Crippen molar-refractivity contribution < 1.29 is 69.3 Å². The monoisotopic (exact) mass is 838 g/mol. The Bertz CT molecular complexity index is 1320. The maximum atomic E-state index is 10.4. The third kappa shape index (κ3) is 46.7. The highest BCUT2D eigenvalue weighted by molar-refractivity contribution is 5.83. The van der Waals surface area contributed by atoms with Crippen molar-refractivity contribution in [3.8, 4) is 0 Å². The minimum Gasteiger partial charge on any atom is -0.480 e. The second-order valence-corrected chi connectivity index (χ2v) is 12.9. The standard InChI is InChI=1S/C9H11NO2.C6H14N4O2.2C6H13NO2.C4H8N2O3.C3H7NO3/c10-8(9(11)12)6-7-4-2-1-3-5-7;7-4(5(11)12)2-1-3-10-6(8)9;2*1-4(2)3-5(7)6(8)9;5-2(4(8)9)1-3(6)7;4-2(1-5)3(6)7/h1-5,8H,6,10H2,(H,11,12);4H,1-3,7H2,(H,11,12)(H4,8,9,10);2*4-5H,3,7H2,1-2H3,(H,8,9);2H,1,5H2,(H2,6,7)(H,8,9);2,5H,1,4H2,(H,6,7). The zero-order valence-corrected chi connectivity index (χ0v) is 33.3. The number of primary amides is 1. The van der Waals surface area contributed by atoms with Crippen LogP contribution in [0.2, 0.25) is 0 Å². The third-order valence-electron chi connectivity index (χ3n) is 6.24. The van der Waals surface area contributed by atoms with Crippen LogP contribution in [0.25, 0.3) is 0 Å². The van der Waals surface area contributed by atoms with Gasteiger partial charge in [-0.3, -0.25) is 38.6 Å². The summed E-state index contributed by atoms with van der Waals surface area (Å²) >= 11 is 0. The number of nitrogens with zero attached hydrogens (tertiary/aromatic N) is 1. The third-order valence-corrected chi connectivity index (χ3v) is 6.24. The second-order valence-electron chi connectivity index (χ2n) is 12.9. The first-order valence-electron chi connectivity index (χ1n) is 17.4. The van der Waals surface area contributed by atoms with Crippen molar-refractivity contribution in [2.45, 2.75) is 102 Å². The molecule has 0 aliphatic carbocycles. The van der Waals surface area contributed by atoms with Crippen LogP contribution in [0.4, 0.5) is 0 Å². The molecule has 0 saturated heterocycles. The van der Waals surface area contributed by atoms with Gasteiger partial charge >= 0.3 is 35.8 Å². The van der Waals surface area contributed by atoms with Crippen molar-refractivity contribution in [1.82, 2.24) is 0 Å². The number of rotatable bonds is 19. The molecule has 1 rings (SSSR count). The molecule has 6 unspecified atom stereocenters. The van der Waals surface area contributed by atoms with Gasteiger partial charge in [0.1, 0.15) is 36.3 Å². The van der Waals surface area contributed by atoms with Crippen LogP contribution >= 0.6 is 0 Å². The van der Waals surface area contributed by atoms with Gasteiger partial charge in [0, 0.05) is 6.54 Å². The van der Waals surface area contributed by atoms with Crippen LogP contribution in [0.15, 0.2) is 35.3 Å². The van der Waals surface area contributed by atoms with Gasteiger partial charge in [-0.15, -0.1) is 0 Å². The number of aliphatic hydroxyl groups excluding tert-OH is 1. The number of benzene rings is 1. The molecule has 0 radical (unpaired) electrons. The number of nitrogens with two attached hydrogens (primary N) is 9. The molecular formula is C34H66N10O14. The van der Waals surface area contributed by atoms with E-state index in [1.165, 1.54) is 0 Å². The Morgan fingerprint density at radius 1 is 0.552 bits per heavy atom. The van der Waals surface area contributed by atoms with Gasteiger partial charge in [0.15, 0.2) is 5.96 Å². The predicted molar refractivity (Wildman–Crippen MR) is 214 cm³/mol. The lowest BCUT2D eigenvalue weighted by Gasteiger charge is -2.07. The number of carboxylic acid groups (broad SMARTS) is 6. The zero-order valence-electron chi connectivity index (χ0n) is 33.3. The quantitative estimate of drug-likeness (QED) is 0.0367. The Morgan fingerprint density at radius 2 is 0.914 bits per heavy atom. The molecule has 58 heavy (non-hydrogen) atoms. The Balaban J connectivity index is -0.000000196. The summed E-state index contributed by atoms with van der Waals surface area (Å²) in [6.45, 7) is 7.70. The fourth-order valence-electron chi connectivity index (χ4n) is 3.20. The van der Waals surface area contributed by atoms with Gasteiger partial charge in [-0.25, -0.2) is 0 Å². The summed E-state index contributed by atoms with van der Waals surface area (Å²) in [7, 11) is 0. The van der Waals surface area contributed by atoms with E-state index in [0.717, 1.165) is 5.56 Å². The molecule has 25 N–H and O–H groups in total. The lowest BCUT2D eigenvalue weighted by atomic mass is 10.1. The smallest absolute Gasteiger partial charge is 0.322 e. The van der Waals surface area contributed by atoms with Gasteiger partial charge in [-0.2, -0.15) is 0 Å². The van der Waals surface area contributed by atoms with Gasteiger partial charge in [0.05, 0.1) is 13.0 Å². The number of aliphatic carboxylic acids is 6. The van der Waals surface area contributed by atoms with Crippen molar-refractivity contribution in [1.29, 1.82) is 0 Å². The van der Waals surface area contributed by atoms with Crippen molar-refractivity contribution in [2.75, 3.05) is 13.2 Å². The van der Waals surface area contributed by atoms with Crippen molar-refractivity contribution in [2.24, 2.45) is 68.4 Å². The molecule has 6 atom stereocenters. The summed E-state index contributed by atoms with van der Waals surface area (Å²) in [5.41, 5.74) is 46.4. The summed E-state index contributed by atoms with van der Waals surface area (Å²) in [5, 5.41) is 57.5. The summed E-state index contributed by atoms with van der Waals surface area (Å²) in [6, 6.07) is 4.05. The molecule has 24 heteroatoms. The number of hydrogen-bond acceptors (Lipinski definition) is 15. The van der Waals surface area contributed by atoms with E-state index in [9.17, 15) is 33.6 Å². The number of amides is 1. The Hall–Kier alpha value is -5.50. The molecule has 1 amide bonds. The molecular weight excluding hydrogens is 772 g/mol. The topological polar surface area (TPSA) is 508 Å². The zero-order chi connectivity index (χ0) is 46.7. The molecule has 0 heterocycles. The van der Waals surface area contributed by atoms with E-state index in [0.29, 0.717) is 50.5 Å². The average molecular weight is 839 g/mol. The molecule has 0 saturated carbocycles. The maximum absolute atomic E-state index is 10.4. The van der Waals surface area contributed by atoms with E-state index in [1.54, 1.807) is 0 Å². The first-order chi connectivity index (χ1) is 26.5. The van der Waals surface area contributed by atoms with E-state index in [-0.39, 0.29) is 12.4 Å². The van der Waals surface area contributed by atoms with Crippen LogP contribution in [0, 0.1) is 11.8 Å². The highest BCUT2D eigenvalue weighted by atomic mass is 16.4. The molecule has 0 aliphatic rings. The lowest BCUT2D eigenvalue weighted by Crippen LogP contribution is -2.34. The molecule has 0 bridgehead atoms. The maximum Gasteiger partial charge on any atom is 0.322 e. The molecule has 24 nitrogen and oxygen atoms in total. The van der Waals surface area contributed by atoms with Gasteiger partial charge in [0.25, 0.3) is 0 Å². The van der Waals surface area contributed by atoms with Gasteiger partial charge in [-0.05, 0) is 49.5 Å². The summed E-state index contributed by atoms with van der Waals surface area (Å²) < 4.78 is 0. The first kappa shape index (κ1) is 61.7. The van der Waals surface area contributed by atoms with Crippen LogP contribution < -0.4 is 51.6 Å². The highest BCUT2D eigenvalue weighted by Crippen LogP contribution is 2.03. The number of carbonyl (C=O) groups is 7. The average Bonchev–Trinajstić information content (AvgIpc) is 3.10. The molecule has 0 aliphatic heterocycles. The number of carboxylic acids is 6. The fraction of sp³-hybridized carbons (Fsp3) is 0.588. The van der Waals surface area contributed by atoms with Crippen LogP contribution in [-0.4, -0.2) is 133 Å². The minimum absolute atomic E-state index is 0.0129. The Morgan fingerprint density at radius 3 is 1.14 bits per heavy atom. The Kier molecular flexibility index (Phi) is 39.5. The molecule has 1 aromatic rings. The van der Waals surface area contributed by atoms with E-state index in [2.05, 4.69) is 10.7 Å². The van der Waals surface area contributed by atoms with Gasteiger partial charge in [-0.1, -0.05) is 58.0 Å². The molecule has 336 valence electrons. The van der Waals surface area contributed by atoms with E-state index in [1.807, 2.05) is 58.0 Å². The number of aliphatic imine (C=N–C) groups is 1. The number of hydrogen-bond donors (Lipinski definition) is 16. The number of guanidine groups is 1. The van der Waals surface area contributed by atoms with Crippen LogP contribution in [0.5, 0.6) is 0 Å². The van der Waals surface area contributed by atoms with E-state index < -0.39 is 84.6 Å². The summed E-state index contributed by atoms with van der Waals surface area (Å²) in [4.78, 5) is 74.0. The lowest BCUT2D eigenvalue weighted by molar-refractivity contribution is -0.140. The first-order valence-corrected chi connectivity index (χ1v) is 17.4. The Labute approximate surface area is 336 Å². The largest absolute Gasteiger partial charge is 0.480 e. The van der Waals surface area contributed by atoms with Gasteiger partial charge < -0.3 is 87.3 Å². The SMILES string of the molecule is CC(C)CC(N)C(=O)O.CC(C)CC(N)C(=O)O.NC(=O)CC(N)C(=O)O.NC(CO)C(=O)O.NC(Cc1ccccc1)C(=O)O.NC(N)=NCCCC(N)C(=O)O. The molecule has 1 aromatic carbocycles. The molecule has 0 aromatic heterocycles. The minimum atomic E-state index is -1.21. The van der Waals surface area contributed by atoms with E-state index >= 15 is 0 Å². The van der Waals surface area contributed by atoms with Crippen molar-refractivity contribution >= 4 is 47.7 Å².